The normalized spacial score (nSPS) is 14.8. The van der Waals surface area contributed by atoms with E-state index in [1.54, 1.807) is 0 Å². The van der Waals surface area contributed by atoms with Crippen LogP contribution in [0.2, 0.25) is 0 Å². The zero-order chi connectivity index (χ0) is 9.26. The Morgan fingerprint density at radius 3 is 2.31 bits per heavy atom. The van der Waals surface area contributed by atoms with Crippen molar-refractivity contribution < 1.29 is 0 Å². The fourth-order valence-electron chi connectivity index (χ4n) is 1.95. The Labute approximate surface area is 79.6 Å². The number of hydrogen-bond donors (Lipinski definition) is 0. The summed E-state index contributed by atoms with van der Waals surface area (Å²) in [7, 11) is 0. The minimum Gasteiger partial charge on any atom is -0.0801 e. The van der Waals surface area contributed by atoms with Gasteiger partial charge in [0.1, 0.15) is 0 Å². The average Bonchev–Trinajstić information content (AvgIpc) is 2.57. The van der Waals surface area contributed by atoms with Crippen molar-refractivity contribution in [3.63, 3.8) is 0 Å². The Hall–Kier alpha value is -1.30. The quantitative estimate of drug-likeness (QED) is 0.603. The summed E-state index contributed by atoms with van der Waals surface area (Å²) in [5.41, 5.74) is 5.66. The van der Waals surface area contributed by atoms with Gasteiger partial charge in [-0.05, 0) is 42.5 Å². The highest BCUT2D eigenvalue weighted by Gasteiger charge is 2.08. The van der Waals surface area contributed by atoms with Crippen molar-refractivity contribution in [2.75, 3.05) is 0 Å². The Kier molecular flexibility index (Phi) is 2.05. The molecule has 0 saturated heterocycles. The standard InChI is InChI=1S/C13H14/c1-10-6-5-7-11(2)13(10)12-8-3-4-9-12/h3-8H,9H2,1-2H3. The van der Waals surface area contributed by atoms with E-state index in [-0.39, 0.29) is 0 Å². The van der Waals surface area contributed by atoms with E-state index in [9.17, 15) is 0 Å². The second-order valence-corrected chi connectivity index (χ2v) is 3.59. The summed E-state index contributed by atoms with van der Waals surface area (Å²) in [5.74, 6) is 0. The molecule has 0 bridgehead atoms. The predicted octanol–water partition coefficient (Wildman–Crippen LogP) is 3.65. The Balaban J connectivity index is 2.50. The number of allylic oxidation sites excluding steroid dienone is 4. The molecular weight excluding hydrogens is 156 g/mol. The SMILES string of the molecule is Cc1cccc(C)c1C1=CC=CC1. The summed E-state index contributed by atoms with van der Waals surface area (Å²) in [4.78, 5) is 0. The Bertz CT molecular complexity index is 361. The predicted molar refractivity (Wildman–Crippen MR) is 57.7 cm³/mol. The number of rotatable bonds is 1. The number of aryl methyl sites for hydroxylation is 2. The lowest BCUT2D eigenvalue weighted by molar-refractivity contribution is 1.30. The van der Waals surface area contributed by atoms with Gasteiger partial charge < -0.3 is 0 Å². The summed E-state index contributed by atoms with van der Waals surface area (Å²) in [5, 5.41) is 0. The summed E-state index contributed by atoms with van der Waals surface area (Å²) < 4.78 is 0. The molecule has 13 heavy (non-hydrogen) atoms. The highest BCUT2D eigenvalue weighted by Crippen LogP contribution is 2.28. The van der Waals surface area contributed by atoms with E-state index in [0.29, 0.717) is 0 Å². The van der Waals surface area contributed by atoms with Crippen LogP contribution < -0.4 is 0 Å². The van der Waals surface area contributed by atoms with Gasteiger partial charge >= 0.3 is 0 Å². The molecule has 1 aliphatic carbocycles. The first kappa shape index (κ1) is 8.31. The largest absolute Gasteiger partial charge is 0.0801 e. The zero-order valence-corrected chi connectivity index (χ0v) is 8.17. The van der Waals surface area contributed by atoms with E-state index in [2.05, 4.69) is 50.3 Å². The molecule has 0 aromatic heterocycles. The summed E-state index contributed by atoms with van der Waals surface area (Å²) >= 11 is 0. The molecule has 1 aliphatic rings. The van der Waals surface area contributed by atoms with Crippen LogP contribution in [0.15, 0.2) is 36.4 Å². The van der Waals surface area contributed by atoms with E-state index in [0.717, 1.165) is 6.42 Å². The second-order valence-electron chi connectivity index (χ2n) is 3.59. The van der Waals surface area contributed by atoms with Gasteiger partial charge in [-0.2, -0.15) is 0 Å². The minimum atomic E-state index is 1.09. The van der Waals surface area contributed by atoms with Gasteiger partial charge in [0.2, 0.25) is 0 Å². The van der Waals surface area contributed by atoms with Gasteiger partial charge in [-0.1, -0.05) is 36.4 Å². The van der Waals surface area contributed by atoms with E-state index in [1.807, 2.05) is 0 Å². The number of benzene rings is 1. The summed E-state index contributed by atoms with van der Waals surface area (Å²) in [6, 6.07) is 6.49. The fraction of sp³-hybridized carbons (Fsp3) is 0.231. The molecule has 0 aliphatic heterocycles. The molecular formula is C13H14. The second kappa shape index (κ2) is 3.21. The van der Waals surface area contributed by atoms with Crippen LogP contribution in [0.3, 0.4) is 0 Å². The monoisotopic (exact) mass is 170 g/mol. The maximum Gasteiger partial charge on any atom is -0.00882 e. The summed E-state index contributed by atoms with van der Waals surface area (Å²) in [6.45, 7) is 4.36. The molecule has 0 atom stereocenters. The topological polar surface area (TPSA) is 0 Å². The Morgan fingerprint density at radius 1 is 1.08 bits per heavy atom. The van der Waals surface area contributed by atoms with Crippen molar-refractivity contribution in [1.29, 1.82) is 0 Å². The van der Waals surface area contributed by atoms with Crippen molar-refractivity contribution in [3.8, 4) is 0 Å². The minimum absolute atomic E-state index is 1.09. The average molecular weight is 170 g/mol. The van der Waals surface area contributed by atoms with E-state index in [4.69, 9.17) is 0 Å². The lowest BCUT2D eigenvalue weighted by atomic mass is 9.95. The van der Waals surface area contributed by atoms with Crippen LogP contribution in [0, 0.1) is 13.8 Å². The maximum absolute atomic E-state index is 2.22. The molecule has 0 saturated carbocycles. The van der Waals surface area contributed by atoms with Crippen molar-refractivity contribution in [1.82, 2.24) is 0 Å². The molecule has 2 rings (SSSR count). The summed E-state index contributed by atoms with van der Waals surface area (Å²) in [6.07, 6.45) is 7.66. The highest BCUT2D eigenvalue weighted by molar-refractivity contribution is 5.74. The van der Waals surface area contributed by atoms with Crippen LogP contribution >= 0.6 is 0 Å². The van der Waals surface area contributed by atoms with Gasteiger partial charge in [0, 0.05) is 0 Å². The third-order valence-electron chi connectivity index (χ3n) is 2.57. The van der Waals surface area contributed by atoms with E-state index >= 15 is 0 Å². The molecule has 0 heteroatoms. The third kappa shape index (κ3) is 1.44. The van der Waals surface area contributed by atoms with Crippen LogP contribution in [-0.2, 0) is 0 Å². The zero-order valence-electron chi connectivity index (χ0n) is 8.17. The first-order valence-corrected chi connectivity index (χ1v) is 4.71. The van der Waals surface area contributed by atoms with Gasteiger partial charge in [0.25, 0.3) is 0 Å². The van der Waals surface area contributed by atoms with Crippen LogP contribution in [0.4, 0.5) is 0 Å². The van der Waals surface area contributed by atoms with Gasteiger partial charge in [0.15, 0.2) is 0 Å². The molecule has 0 fully saturated rings. The van der Waals surface area contributed by atoms with Crippen molar-refractivity contribution >= 4 is 5.57 Å². The van der Waals surface area contributed by atoms with Gasteiger partial charge in [-0.3, -0.25) is 0 Å². The molecule has 1 aromatic carbocycles. The Morgan fingerprint density at radius 2 is 1.77 bits per heavy atom. The van der Waals surface area contributed by atoms with E-state index in [1.165, 1.54) is 22.3 Å². The van der Waals surface area contributed by atoms with Gasteiger partial charge in [-0.25, -0.2) is 0 Å². The van der Waals surface area contributed by atoms with Crippen molar-refractivity contribution in [2.45, 2.75) is 20.3 Å². The molecule has 0 amide bonds. The molecule has 0 unspecified atom stereocenters. The highest BCUT2D eigenvalue weighted by atomic mass is 14.1. The van der Waals surface area contributed by atoms with Gasteiger partial charge in [-0.15, -0.1) is 0 Å². The van der Waals surface area contributed by atoms with Crippen LogP contribution in [-0.4, -0.2) is 0 Å². The fourth-order valence-corrected chi connectivity index (χ4v) is 1.95. The first-order valence-electron chi connectivity index (χ1n) is 4.71. The van der Waals surface area contributed by atoms with E-state index < -0.39 is 0 Å². The van der Waals surface area contributed by atoms with Crippen LogP contribution in [0.25, 0.3) is 5.57 Å². The van der Waals surface area contributed by atoms with Crippen LogP contribution in [0.5, 0.6) is 0 Å². The molecule has 0 nitrogen and oxygen atoms in total. The first-order chi connectivity index (χ1) is 6.29. The smallest absolute Gasteiger partial charge is 0.00882 e. The molecule has 0 heterocycles. The van der Waals surface area contributed by atoms with Crippen LogP contribution in [0.1, 0.15) is 23.1 Å². The molecule has 66 valence electrons. The third-order valence-corrected chi connectivity index (χ3v) is 2.57. The van der Waals surface area contributed by atoms with Gasteiger partial charge in [0.05, 0.1) is 0 Å². The lowest BCUT2D eigenvalue weighted by Crippen LogP contribution is -1.90. The molecule has 1 aromatic rings. The number of hydrogen-bond acceptors (Lipinski definition) is 0. The van der Waals surface area contributed by atoms with Crippen molar-refractivity contribution in [3.05, 3.63) is 53.1 Å². The molecule has 0 radical (unpaired) electrons. The molecule has 0 N–H and O–H groups in total. The molecule has 0 spiro atoms. The van der Waals surface area contributed by atoms with Crippen molar-refractivity contribution in [2.24, 2.45) is 0 Å². The lowest BCUT2D eigenvalue weighted by Gasteiger charge is -2.10. The maximum atomic E-state index is 2.22.